The molecule has 0 radical (unpaired) electrons. The molecule has 0 aliphatic carbocycles. The van der Waals surface area contributed by atoms with Gasteiger partial charge in [-0.2, -0.15) is 0 Å². The molecule has 2 N–H and O–H groups in total. The molecular weight excluding hydrogens is 302 g/mol. The highest BCUT2D eigenvalue weighted by molar-refractivity contribution is 5.88. The van der Waals surface area contributed by atoms with E-state index in [4.69, 9.17) is 9.47 Å². The van der Waals surface area contributed by atoms with Crippen molar-refractivity contribution < 1.29 is 14.6 Å². The third kappa shape index (κ3) is 3.97. The maximum absolute atomic E-state index is 10.1. The largest absolute Gasteiger partial charge is 0.497 e. The number of hydrogen-bond acceptors (Lipinski definition) is 4. The predicted molar refractivity (Wildman–Crippen MR) is 96.9 cm³/mol. The van der Waals surface area contributed by atoms with Gasteiger partial charge < -0.3 is 19.9 Å². The number of anilines is 1. The monoisotopic (exact) mass is 323 g/mol. The van der Waals surface area contributed by atoms with Crippen LogP contribution in [0.5, 0.6) is 11.5 Å². The lowest BCUT2D eigenvalue weighted by atomic mass is 10.1. The van der Waals surface area contributed by atoms with Gasteiger partial charge in [-0.25, -0.2) is 0 Å². The van der Waals surface area contributed by atoms with Gasteiger partial charge >= 0.3 is 0 Å². The summed E-state index contributed by atoms with van der Waals surface area (Å²) >= 11 is 0. The van der Waals surface area contributed by atoms with Crippen LogP contribution in [0.2, 0.25) is 0 Å². The Balaban J connectivity index is 1.54. The predicted octanol–water partition coefficient (Wildman–Crippen LogP) is 3.70. The molecule has 4 nitrogen and oxygen atoms in total. The fraction of sp³-hybridized carbons (Fsp3) is 0.200. The van der Waals surface area contributed by atoms with Gasteiger partial charge in [-0.05, 0) is 35.7 Å². The molecule has 24 heavy (non-hydrogen) atoms. The quantitative estimate of drug-likeness (QED) is 0.696. The number of hydrogen-bond donors (Lipinski definition) is 2. The molecule has 0 aliphatic rings. The van der Waals surface area contributed by atoms with E-state index < -0.39 is 6.10 Å². The van der Waals surface area contributed by atoms with Crippen LogP contribution < -0.4 is 14.8 Å². The third-order valence-electron chi connectivity index (χ3n) is 3.81. The molecule has 0 fully saturated rings. The number of aliphatic hydroxyl groups is 1. The summed E-state index contributed by atoms with van der Waals surface area (Å²) in [5, 5.41) is 15.5. The van der Waals surface area contributed by atoms with Crippen molar-refractivity contribution in [1.29, 1.82) is 0 Å². The second-order valence-electron chi connectivity index (χ2n) is 5.55. The van der Waals surface area contributed by atoms with Gasteiger partial charge in [0.2, 0.25) is 0 Å². The van der Waals surface area contributed by atoms with Gasteiger partial charge in [0.15, 0.2) is 0 Å². The van der Waals surface area contributed by atoms with Crippen molar-refractivity contribution in [2.45, 2.75) is 6.10 Å². The van der Waals surface area contributed by atoms with Gasteiger partial charge in [-0.3, -0.25) is 0 Å². The first kappa shape index (κ1) is 16.1. The maximum Gasteiger partial charge on any atom is 0.127 e. The third-order valence-corrected chi connectivity index (χ3v) is 3.81. The van der Waals surface area contributed by atoms with Crippen molar-refractivity contribution in [1.82, 2.24) is 0 Å². The van der Waals surface area contributed by atoms with Crippen LogP contribution in [0, 0.1) is 0 Å². The minimum Gasteiger partial charge on any atom is -0.497 e. The molecule has 0 saturated carbocycles. The summed E-state index contributed by atoms with van der Waals surface area (Å²) in [5.74, 6) is 1.59. The van der Waals surface area contributed by atoms with Crippen LogP contribution in [-0.4, -0.2) is 31.5 Å². The van der Waals surface area contributed by atoms with E-state index in [1.165, 1.54) is 0 Å². The van der Waals surface area contributed by atoms with Crippen molar-refractivity contribution >= 4 is 16.5 Å². The average Bonchev–Trinajstić information content (AvgIpc) is 2.65. The number of methoxy groups -OCH3 is 1. The first-order chi connectivity index (χ1) is 11.8. The minimum absolute atomic E-state index is 0.233. The molecule has 0 bridgehead atoms. The van der Waals surface area contributed by atoms with Crippen LogP contribution in [0.4, 0.5) is 5.69 Å². The molecule has 0 spiro atoms. The smallest absolute Gasteiger partial charge is 0.127 e. The first-order valence-corrected chi connectivity index (χ1v) is 7.93. The number of benzene rings is 3. The zero-order valence-electron chi connectivity index (χ0n) is 13.6. The Labute approximate surface area is 141 Å². The van der Waals surface area contributed by atoms with Crippen molar-refractivity contribution in [2.75, 3.05) is 25.6 Å². The molecule has 0 heterocycles. The molecule has 3 rings (SSSR count). The lowest BCUT2D eigenvalue weighted by Gasteiger charge is -2.15. The first-order valence-electron chi connectivity index (χ1n) is 7.93. The van der Waals surface area contributed by atoms with Crippen LogP contribution in [0.3, 0.4) is 0 Å². The molecule has 1 unspecified atom stereocenters. The van der Waals surface area contributed by atoms with Gasteiger partial charge in [0, 0.05) is 17.6 Å². The second-order valence-corrected chi connectivity index (χ2v) is 5.55. The maximum atomic E-state index is 10.1. The Morgan fingerprint density at radius 1 is 0.958 bits per heavy atom. The molecule has 124 valence electrons. The van der Waals surface area contributed by atoms with E-state index in [2.05, 4.69) is 5.32 Å². The number of fused-ring (bicyclic) bond motifs is 1. The summed E-state index contributed by atoms with van der Waals surface area (Å²) in [7, 11) is 1.64. The highest BCUT2D eigenvalue weighted by Gasteiger charge is 2.07. The van der Waals surface area contributed by atoms with Gasteiger partial charge in [0.25, 0.3) is 0 Å². The van der Waals surface area contributed by atoms with Crippen LogP contribution >= 0.6 is 0 Å². The van der Waals surface area contributed by atoms with Crippen LogP contribution in [0.25, 0.3) is 10.8 Å². The lowest BCUT2D eigenvalue weighted by Crippen LogP contribution is -2.26. The van der Waals surface area contributed by atoms with Crippen LogP contribution in [0.15, 0.2) is 66.7 Å². The number of nitrogens with one attached hydrogen (secondary N) is 1. The summed E-state index contributed by atoms with van der Waals surface area (Å²) in [6.07, 6.45) is -0.605. The van der Waals surface area contributed by atoms with Crippen molar-refractivity contribution in [3.05, 3.63) is 66.7 Å². The molecule has 0 aliphatic heterocycles. The van der Waals surface area contributed by atoms with Crippen LogP contribution in [0.1, 0.15) is 0 Å². The van der Waals surface area contributed by atoms with E-state index in [9.17, 15) is 5.11 Å². The van der Waals surface area contributed by atoms with E-state index in [0.29, 0.717) is 6.54 Å². The Morgan fingerprint density at radius 3 is 2.50 bits per heavy atom. The number of rotatable bonds is 7. The second kappa shape index (κ2) is 7.70. The zero-order chi connectivity index (χ0) is 16.8. The van der Waals surface area contributed by atoms with Crippen LogP contribution in [-0.2, 0) is 0 Å². The summed E-state index contributed by atoms with van der Waals surface area (Å²) in [6.45, 7) is 0.647. The van der Waals surface area contributed by atoms with Crippen molar-refractivity contribution in [3.63, 3.8) is 0 Å². The molecule has 1 atom stereocenters. The SMILES string of the molecule is COc1ccc(NCC(O)COc2cccc3ccccc23)cc1. The molecule has 4 heteroatoms. The van der Waals surface area contributed by atoms with E-state index in [0.717, 1.165) is 28.0 Å². The van der Waals surface area contributed by atoms with Gasteiger partial charge in [-0.1, -0.05) is 36.4 Å². The number of aliphatic hydroxyl groups excluding tert-OH is 1. The molecule has 3 aromatic carbocycles. The molecule has 3 aromatic rings. The molecule has 0 saturated heterocycles. The van der Waals surface area contributed by atoms with E-state index in [1.807, 2.05) is 66.7 Å². The zero-order valence-corrected chi connectivity index (χ0v) is 13.6. The average molecular weight is 323 g/mol. The molecule has 0 aromatic heterocycles. The highest BCUT2D eigenvalue weighted by atomic mass is 16.5. The lowest BCUT2D eigenvalue weighted by molar-refractivity contribution is 0.118. The van der Waals surface area contributed by atoms with E-state index in [1.54, 1.807) is 7.11 Å². The molecule has 0 amide bonds. The van der Waals surface area contributed by atoms with Gasteiger partial charge in [-0.15, -0.1) is 0 Å². The Kier molecular flexibility index (Phi) is 5.18. The Hall–Kier alpha value is -2.72. The van der Waals surface area contributed by atoms with Crippen molar-refractivity contribution in [2.24, 2.45) is 0 Å². The normalized spacial score (nSPS) is 11.9. The van der Waals surface area contributed by atoms with E-state index in [-0.39, 0.29) is 6.61 Å². The standard InChI is InChI=1S/C20H21NO3/c1-23-18-11-9-16(10-12-18)21-13-17(22)14-24-20-8-4-6-15-5-2-3-7-19(15)20/h2-12,17,21-22H,13-14H2,1H3. The van der Waals surface area contributed by atoms with Gasteiger partial charge in [0.05, 0.1) is 7.11 Å². The Bertz CT molecular complexity index is 781. The summed E-state index contributed by atoms with van der Waals surface area (Å²) < 4.78 is 10.9. The topological polar surface area (TPSA) is 50.7 Å². The summed E-state index contributed by atoms with van der Waals surface area (Å²) in [6, 6.07) is 21.6. The Morgan fingerprint density at radius 2 is 1.71 bits per heavy atom. The summed E-state index contributed by atoms with van der Waals surface area (Å²) in [4.78, 5) is 0. The number of ether oxygens (including phenoxy) is 2. The minimum atomic E-state index is -0.605. The highest BCUT2D eigenvalue weighted by Crippen LogP contribution is 2.25. The van der Waals surface area contributed by atoms with Crippen molar-refractivity contribution in [3.8, 4) is 11.5 Å². The van der Waals surface area contributed by atoms with Gasteiger partial charge in [0.1, 0.15) is 24.2 Å². The molecular formula is C20H21NO3. The van der Waals surface area contributed by atoms with E-state index >= 15 is 0 Å². The summed E-state index contributed by atoms with van der Waals surface area (Å²) in [5.41, 5.74) is 0.931. The fourth-order valence-corrected chi connectivity index (χ4v) is 2.51. The fourth-order valence-electron chi connectivity index (χ4n) is 2.51.